The molecule has 0 atom stereocenters. The summed E-state index contributed by atoms with van der Waals surface area (Å²) in [7, 11) is 0. The Morgan fingerprint density at radius 1 is 1.24 bits per heavy atom. The number of aromatic amines is 1. The SMILES string of the molecule is NNC(=O)c1ccccc1NCc1ccc2[nH]ncc2c1. The molecule has 0 saturated carbocycles. The fourth-order valence-corrected chi connectivity index (χ4v) is 2.21. The lowest BCUT2D eigenvalue weighted by molar-refractivity contribution is 0.0954. The maximum Gasteiger partial charge on any atom is 0.267 e. The molecule has 0 aliphatic heterocycles. The van der Waals surface area contributed by atoms with Crippen LogP contribution in [0.5, 0.6) is 0 Å². The molecule has 0 bridgehead atoms. The van der Waals surface area contributed by atoms with E-state index < -0.39 is 0 Å². The minimum atomic E-state index is -0.316. The van der Waals surface area contributed by atoms with Gasteiger partial charge in [0, 0.05) is 17.6 Å². The Balaban J connectivity index is 1.79. The van der Waals surface area contributed by atoms with Crippen molar-refractivity contribution in [3.8, 4) is 0 Å². The molecular formula is C15H15N5O. The molecule has 2 aromatic carbocycles. The number of carbonyl (C=O) groups excluding carboxylic acids is 1. The van der Waals surface area contributed by atoms with Crippen molar-refractivity contribution in [2.45, 2.75) is 6.54 Å². The minimum Gasteiger partial charge on any atom is -0.380 e. The van der Waals surface area contributed by atoms with Crippen molar-refractivity contribution in [2.24, 2.45) is 5.84 Å². The fraction of sp³-hybridized carbons (Fsp3) is 0.0667. The number of carbonyl (C=O) groups is 1. The van der Waals surface area contributed by atoms with Gasteiger partial charge in [0.05, 0.1) is 17.3 Å². The molecular weight excluding hydrogens is 266 g/mol. The van der Waals surface area contributed by atoms with Crippen LogP contribution in [-0.4, -0.2) is 16.1 Å². The van der Waals surface area contributed by atoms with Crippen LogP contribution < -0.4 is 16.6 Å². The van der Waals surface area contributed by atoms with Crippen LogP contribution in [0.1, 0.15) is 15.9 Å². The molecule has 21 heavy (non-hydrogen) atoms. The molecule has 6 heteroatoms. The van der Waals surface area contributed by atoms with Gasteiger partial charge in [0.25, 0.3) is 5.91 Å². The van der Waals surface area contributed by atoms with Crippen LogP contribution in [0, 0.1) is 0 Å². The smallest absolute Gasteiger partial charge is 0.267 e. The zero-order valence-electron chi connectivity index (χ0n) is 11.3. The van der Waals surface area contributed by atoms with Crippen LogP contribution >= 0.6 is 0 Å². The Bertz CT molecular complexity index is 780. The summed E-state index contributed by atoms with van der Waals surface area (Å²) < 4.78 is 0. The van der Waals surface area contributed by atoms with E-state index in [4.69, 9.17) is 5.84 Å². The minimum absolute atomic E-state index is 0.316. The van der Waals surface area contributed by atoms with Crippen molar-refractivity contribution in [1.29, 1.82) is 0 Å². The maximum atomic E-state index is 11.7. The largest absolute Gasteiger partial charge is 0.380 e. The summed E-state index contributed by atoms with van der Waals surface area (Å²) in [5.41, 5.74) is 5.52. The van der Waals surface area contributed by atoms with Gasteiger partial charge in [-0.15, -0.1) is 0 Å². The third-order valence-corrected chi connectivity index (χ3v) is 3.29. The van der Waals surface area contributed by atoms with E-state index in [2.05, 4.69) is 27.0 Å². The number of hydrogen-bond donors (Lipinski definition) is 4. The summed E-state index contributed by atoms with van der Waals surface area (Å²) in [5, 5.41) is 11.2. The fourth-order valence-electron chi connectivity index (χ4n) is 2.21. The van der Waals surface area contributed by atoms with Gasteiger partial charge < -0.3 is 5.32 Å². The van der Waals surface area contributed by atoms with E-state index in [-0.39, 0.29) is 5.91 Å². The van der Waals surface area contributed by atoms with Crippen LogP contribution in [0.2, 0.25) is 0 Å². The number of anilines is 1. The van der Waals surface area contributed by atoms with Crippen LogP contribution in [0.3, 0.4) is 0 Å². The Morgan fingerprint density at radius 3 is 2.95 bits per heavy atom. The number of hydrazine groups is 1. The second-order valence-electron chi connectivity index (χ2n) is 4.66. The summed E-state index contributed by atoms with van der Waals surface area (Å²) in [6.45, 7) is 0.607. The number of benzene rings is 2. The number of amides is 1. The molecule has 1 aromatic heterocycles. The standard InChI is InChI=1S/C15H15N5O/c16-19-15(21)12-3-1-2-4-14(12)17-8-10-5-6-13-11(7-10)9-18-20-13/h1-7,9,17H,8,16H2,(H,18,20)(H,19,21). The van der Waals surface area contributed by atoms with Gasteiger partial charge >= 0.3 is 0 Å². The van der Waals surface area contributed by atoms with Crippen LogP contribution in [0.15, 0.2) is 48.7 Å². The Kier molecular flexibility index (Phi) is 3.53. The number of nitrogens with one attached hydrogen (secondary N) is 3. The van der Waals surface area contributed by atoms with Crippen molar-refractivity contribution in [2.75, 3.05) is 5.32 Å². The van der Waals surface area contributed by atoms with E-state index in [1.165, 1.54) is 0 Å². The topological polar surface area (TPSA) is 95.8 Å². The summed E-state index contributed by atoms with van der Waals surface area (Å²) in [5.74, 6) is 4.88. The normalized spacial score (nSPS) is 10.5. The number of rotatable bonds is 4. The molecule has 1 amide bonds. The monoisotopic (exact) mass is 281 g/mol. The summed E-state index contributed by atoms with van der Waals surface area (Å²) >= 11 is 0. The average molecular weight is 281 g/mol. The zero-order chi connectivity index (χ0) is 14.7. The number of aromatic nitrogens is 2. The molecule has 0 unspecified atom stereocenters. The lowest BCUT2D eigenvalue weighted by atomic mass is 10.1. The summed E-state index contributed by atoms with van der Waals surface area (Å²) in [4.78, 5) is 11.7. The number of nitrogen functional groups attached to an aromatic ring is 1. The Hall–Kier alpha value is -2.86. The maximum absolute atomic E-state index is 11.7. The molecule has 5 N–H and O–H groups in total. The van der Waals surface area contributed by atoms with E-state index >= 15 is 0 Å². The molecule has 0 fully saturated rings. The van der Waals surface area contributed by atoms with Crippen molar-refractivity contribution in [3.05, 3.63) is 59.8 Å². The first-order valence-electron chi connectivity index (χ1n) is 6.54. The predicted molar refractivity (Wildman–Crippen MR) is 81.5 cm³/mol. The van der Waals surface area contributed by atoms with Gasteiger partial charge in [0.15, 0.2) is 0 Å². The Labute approximate surface area is 121 Å². The van der Waals surface area contributed by atoms with Crippen LogP contribution in [-0.2, 0) is 6.54 Å². The van der Waals surface area contributed by atoms with Crippen molar-refractivity contribution < 1.29 is 4.79 Å². The molecule has 6 nitrogen and oxygen atoms in total. The third kappa shape index (κ3) is 2.70. The van der Waals surface area contributed by atoms with E-state index in [0.29, 0.717) is 12.1 Å². The number of fused-ring (bicyclic) bond motifs is 1. The highest BCUT2D eigenvalue weighted by Crippen LogP contribution is 2.18. The van der Waals surface area contributed by atoms with Gasteiger partial charge in [-0.1, -0.05) is 18.2 Å². The first-order valence-corrected chi connectivity index (χ1v) is 6.54. The van der Waals surface area contributed by atoms with E-state index in [1.807, 2.05) is 24.3 Å². The second-order valence-corrected chi connectivity index (χ2v) is 4.66. The second kappa shape index (κ2) is 5.64. The van der Waals surface area contributed by atoms with Crippen molar-refractivity contribution in [3.63, 3.8) is 0 Å². The molecule has 3 rings (SSSR count). The van der Waals surface area contributed by atoms with Crippen LogP contribution in [0.25, 0.3) is 10.9 Å². The highest BCUT2D eigenvalue weighted by Gasteiger charge is 2.09. The molecule has 0 aliphatic carbocycles. The van der Waals surface area contributed by atoms with E-state index in [9.17, 15) is 4.79 Å². The van der Waals surface area contributed by atoms with Gasteiger partial charge in [-0.25, -0.2) is 5.84 Å². The molecule has 3 aromatic rings. The predicted octanol–water partition coefficient (Wildman–Crippen LogP) is 1.78. The Morgan fingerprint density at radius 2 is 2.10 bits per heavy atom. The first kappa shape index (κ1) is 13.1. The lowest BCUT2D eigenvalue weighted by Gasteiger charge is -2.11. The molecule has 1 heterocycles. The van der Waals surface area contributed by atoms with Crippen molar-refractivity contribution >= 4 is 22.5 Å². The molecule has 106 valence electrons. The number of H-pyrrole nitrogens is 1. The average Bonchev–Trinajstić information content (AvgIpc) is 3.00. The van der Waals surface area contributed by atoms with Gasteiger partial charge in [0.1, 0.15) is 0 Å². The highest BCUT2D eigenvalue weighted by molar-refractivity contribution is 5.99. The van der Waals surface area contributed by atoms with E-state index in [0.717, 1.165) is 22.2 Å². The van der Waals surface area contributed by atoms with Gasteiger partial charge in [-0.2, -0.15) is 5.10 Å². The third-order valence-electron chi connectivity index (χ3n) is 3.29. The van der Waals surface area contributed by atoms with E-state index in [1.54, 1.807) is 18.3 Å². The summed E-state index contributed by atoms with van der Waals surface area (Å²) in [6, 6.07) is 13.3. The molecule has 0 radical (unpaired) electrons. The van der Waals surface area contributed by atoms with Gasteiger partial charge in [-0.05, 0) is 29.8 Å². The van der Waals surface area contributed by atoms with Crippen LogP contribution in [0.4, 0.5) is 5.69 Å². The lowest BCUT2D eigenvalue weighted by Crippen LogP contribution is -2.30. The zero-order valence-corrected chi connectivity index (χ0v) is 11.3. The first-order chi connectivity index (χ1) is 10.3. The highest BCUT2D eigenvalue weighted by atomic mass is 16.2. The quantitative estimate of drug-likeness (QED) is 0.333. The van der Waals surface area contributed by atoms with Crippen molar-refractivity contribution in [1.82, 2.24) is 15.6 Å². The summed E-state index contributed by atoms with van der Waals surface area (Å²) in [6.07, 6.45) is 1.79. The number of hydrogen-bond acceptors (Lipinski definition) is 4. The molecule has 0 saturated heterocycles. The van der Waals surface area contributed by atoms with Gasteiger partial charge in [-0.3, -0.25) is 15.3 Å². The number of nitrogens with zero attached hydrogens (tertiary/aromatic N) is 1. The number of nitrogens with two attached hydrogens (primary N) is 1. The molecule has 0 spiro atoms. The number of para-hydroxylation sites is 1. The van der Waals surface area contributed by atoms with Gasteiger partial charge in [0.2, 0.25) is 0 Å². The molecule has 0 aliphatic rings.